The molecule has 0 heteroatoms. The third-order valence-electron chi connectivity index (χ3n) is 2.32. The van der Waals surface area contributed by atoms with E-state index in [0.717, 1.165) is 6.42 Å². The Morgan fingerprint density at radius 3 is 2.93 bits per heavy atom. The van der Waals surface area contributed by atoms with Crippen molar-refractivity contribution in [3.8, 4) is 0 Å². The van der Waals surface area contributed by atoms with Gasteiger partial charge in [-0.05, 0) is 44.6 Å². The zero-order chi connectivity index (χ0) is 10.2. The lowest BCUT2D eigenvalue weighted by atomic mass is 9.98. The molecule has 0 bridgehead atoms. The number of hydrogen-bond acceptors (Lipinski definition) is 0. The molecular formula is C14H18. The predicted octanol–water partition coefficient (Wildman–Crippen LogP) is 4.19. The summed E-state index contributed by atoms with van der Waals surface area (Å²) in [5, 5.41) is 0. The fourth-order valence-corrected chi connectivity index (χ4v) is 1.48. The third kappa shape index (κ3) is 3.78. The number of allylic oxidation sites excluding steroid dienone is 7. The SMILES string of the molecule is [CH2]/C=C(/C=C/C1=C[CH]CCC1)CC=C. The maximum absolute atomic E-state index is 3.78. The van der Waals surface area contributed by atoms with Gasteiger partial charge in [0.2, 0.25) is 0 Å². The lowest BCUT2D eigenvalue weighted by Gasteiger charge is -2.08. The van der Waals surface area contributed by atoms with Crippen LogP contribution in [0.25, 0.3) is 0 Å². The van der Waals surface area contributed by atoms with Gasteiger partial charge in [0.1, 0.15) is 0 Å². The first-order valence-electron chi connectivity index (χ1n) is 5.16. The first-order valence-corrected chi connectivity index (χ1v) is 5.16. The summed E-state index contributed by atoms with van der Waals surface area (Å²) in [6, 6.07) is 0. The fraction of sp³-hybridized carbons (Fsp3) is 0.286. The summed E-state index contributed by atoms with van der Waals surface area (Å²) in [6.07, 6.45) is 17.2. The Morgan fingerprint density at radius 1 is 1.50 bits per heavy atom. The second-order valence-corrected chi connectivity index (χ2v) is 3.47. The van der Waals surface area contributed by atoms with Gasteiger partial charge >= 0.3 is 0 Å². The molecule has 1 aliphatic rings. The smallest absolute Gasteiger partial charge is 0.0103 e. The topological polar surface area (TPSA) is 0 Å². The molecule has 0 N–H and O–H groups in total. The van der Waals surface area contributed by atoms with E-state index in [1.165, 1.54) is 30.4 Å². The molecule has 1 aliphatic carbocycles. The van der Waals surface area contributed by atoms with Crippen LogP contribution in [0.2, 0.25) is 0 Å². The van der Waals surface area contributed by atoms with E-state index in [4.69, 9.17) is 0 Å². The minimum absolute atomic E-state index is 0.900. The molecule has 0 amide bonds. The van der Waals surface area contributed by atoms with Gasteiger partial charge in [-0.15, -0.1) is 6.58 Å². The Bertz CT molecular complexity index is 260. The van der Waals surface area contributed by atoms with Gasteiger partial charge in [-0.2, -0.15) is 0 Å². The Hall–Kier alpha value is -1.04. The van der Waals surface area contributed by atoms with Crippen LogP contribution in [0.5, 0.6) is 0 Å². The van der Waals surface area contributed by atoms with Crippen molar-refractivity contribution in [3.05, 3.63) is 61.4 Å². The standard InChI is InChI=1S/C14H18/c1-3-8-13(4-2)11-12-14-9-6-5-7-10-14/h3-4,6,9,11-12H,1-2,5,7-8,10H2/b12-11+,13-4+. The highest BCUT2D eigenvalue weighted by Crippen LogP contribution is 2.18. The molecule has 0 spiro atoms. The van der Waals surface area contributed by atoms with E-state index in [-0.39, 0.29) is 0 Å². The molecule has 2 radical (unpaired) electrons. The van der Waals surface area contributed by atoms with Crippen LogP contribution in [0.1, 0.15) is 25.7 Å². The summed E-state index contributed by atoms with van der Waals surface area (Å²) in [5.74, 6) is 0. The van der Waals surface area contributed by atoms with Crippen molar-refractivity contribution in [2.24, 2.45) is 0 Å². The van der Waals surface area contributed by atoms with Gasteiger partial charge in [-0.25, -0.2) is 0 Å². The van der Waals surface area contributed by atoms with Gasteiger partial charge in [-0.1, -0.05) is 36.0 Å². The molecule has 0 heterocycles. The van der Waals surface area contributed by atoms with Gasteiger partial charge in [-0.3, -0.25) is 0 Å². The molecule has 0 aromatic carbocycles. The van der Waals surface area contributed by atoms with Crippen molar-refractivity contribution in [2.45, 2.75) is 25.7 Å². The largest absolute Gasteiger partial charge is 0.103 e. The van der Waals surface area contributed by atoms with E-state index in [0.29, 0.717) is 0 Å². The van der Waals surface area contributed by atoms with Crippen molar-refractivity contribution in [3.63, 3.8) is 0 Å². The lowest BCUT2D eigenvalue weighted by molar-refractivity contribution is 0.794. The molecule has 0 unspecified atom stereocenters. The monoisotopic (exact) mass is 186 g/mol. The van der Waals surface area contributed by atoms with Crippen LogP contribution in [0, 0.1) is 13.3 Å². The van der Waals surface area contributed by atoms with Gasteiger partial charge in [0.05, 0.1) is 0 Å². The van der Waals surface area contributed by atoms with E-state index in [1.807, 2.05) is 12.2 Å². The van der Waals surface area contributed by atoms with E-state index >= 15 is 0 Å². The van der Waals surface area contributed by atoms with Gasteiger partial charge in [0, 0.05) is 0 Å². The molecule has 0 nitrogen and oxygen atoms in total. The zero-order valence-corrected chi connectivity index (χ0v) is 8.71. The summed E-state index contributed by atoms with van der Waals surface area (Å²) >= 11 is 0. The normalized spacial score (nSPS) is 18.4. The Kier molecular flexibility index (Phi) is 5.06. The molecule has 0 atom stereocenters. The van der Waals surface area contributed by atoms with Gasteiger partial charge < -0.3 is 0 Å². The average Bonchev–Trinajstić information content (AvgIpc) is 2.25. The van der Waals surface area contributed by atoms with Crippen LogP contribution < -0.4 is 0 Å². The molecular weight excluding hydrogens is 168 g/mol. The minimum Gasteiger partial charge on any atom is -0.103 e. The maximum Gasteiger partial charge on any atom is -0.0103 e. The molecule has 14 heavy (non-hydrogen) atoms. The Morgan fingerprint density at radius 2 is 2.36 bits per heavy atom. The van der Waals surface area contributed by atoms with Crippen LogP contribution in [0.15, 0.2) is 48.1 Å². The summed E-state index contributed by atoms with van der Waals surface area (Å²) in [7, 11) is 0. The quantitative estimate of drug-likeness (QED) is 0.456. The zero-order valence-electron chi connectivity index (χ0n) is 8.71. The van der Waals surface area contributed by atoms with E-state index < -0.39 is 0 Å². The maximum atomic E-state index is 3.78. The Balaban J connectivity index is 2.52. The van der Waals surface area contributed by atoms with Crippen LogP contribution in [-0.4, -0.2) is 0 Å². The van der Waals surface area contributed by atoms with E-state index in [2.05, 4.69) is 38.2 Å². The first-order chi connectivity index (χ1) is 6.86. The second kappa shape index (κ2) is 6.42. The van der Waals surface area contributed by atoms with Crippen molar-refractivity contribution in [1.29, 1.82) is 0 Å². The fourth-order valence-electron chi connectivity index (χ4n) is 1.48. The molecule has 1 rings (SSSR count). The van der Waals surface area contributed by atoms with E-state index in [1.54, 1.807) is 0 Å². The van der Waals surface area contributed by atoms with Gasteiger partial charge in [0.15, 0.2) is 0 Å². The molecule has 0 saturated heterocycles. The molecule has 0 saturated carbocycles. The summed E-state index contributed by atoms with van der Waals surface area (Å²) in [5.41, 5.74) is 2.64. The highest BCUT2D eigenvalue weighted by molar-refractivity contribution is 5.31. The van der Waals surface area contributed by atoms with Crippen molar-refractivity contribution >= 4 is 0 Å². The minimum atomic E-state index is 0.900. The van der Waals surface area contributed by atoms with E-state index in [9.17, 15) is 0 Å². The number of rotatable bonds is 4. The summed E-state index contributed by atoms with van der Waals surface area (Å²) < 4.78 is 0. The first kappa shape index (κ1) is 11.0. The summed E-state index contributed by atoms with van der Waals surface area (Å²) in [6.45, 7) is 7.50. The number of hydrogen-bond donors (Lipinski definition) is 0. The van der Waals surface area contributed by atoms with Crippen LogP contribution >= 0.6 is 0 Å². The van der Waals surface area contributed by atoms with Crippen molar-refractivity contribution < 1.29 is 0 Å². The molecule has 0 aromatic heterocycles. The van der Waals surface area contributed by atoms with Crippen molar-refractivity contribution in [1.82, 2.24) is 0 Å². The lowest BCUT2D eigenvalue weighted by Crippen LogP contribution is -1.89. The van der Waals surface area contributed by atoms with Crippen molar-refractivity contribution in [2.75, 3.05) is 0 Å². The van der Waals surface area contributed by atoms with Crippen LogP contribution in [-0.2, 0) is 0 Å². The highest BCUT2D eigenvalue weighted by Gasteiger charge is 1.99. The molecule has 0 fully saturated rings. The molecule has 0 aliphatic heterocycles. The third-order valence-corrected chi connectivity index (χ3v) is 2.32. The molecule has 0 aromatic rings. The predicted molar refractivity (Wildman–Crippen MR) is 63.6 cm³/mol. The van der Waals surface area contributed by atoms with Crippen LogP contribution in [0.4, 0.5) is 0 Å². The highest BCUT2D eigenvalue weighted by atomic mass is 14.0. The second-order valence-electron chi connectivity index (χ2n) is 3.47. The Labute approximate surface area is 87.7 Å². The van der Waals surface area contributed by atoms with Crippen LogP contribution in [0.3, 0.4) is 0 Å². The average molecular weight is 186 g/mol. The summed E-state index contributed by atoms with van der Waals surface area (Å²) in [4.78, 5) is 0. The molecule has 74 valence electrons. The van der Waals surface area contributed by atoms with Gasteiger partial charge in [0.25, 0.3) is 0 Å².